The fourth-order valence-corrected chi connectivity index (χ4v) is 3.10. The van der Waals surface area contributed by atoms with Crippen molar-refractivity contribution in [3.8, 4) is 17.3 Å². The summed E-state index contributed by atoms with van der Waals surface area (Å²) in [5, 5.41) is 5.66. The Kier molecular flexibility index (Phi) is 5.94. The minimum atomic E-state index is -0.296. The van der Waals surface area contributed by atoms with Gasteiger partial charge in [-0.1, -0.05) is 6.07 Å². The number of nitrogens with zero attached hydrogens (tertiary/aromatic N) is 2. The first-order chi connectivity index (χ1) is 15.5. The maximum absolute atomic E-state index is 12.8. The largest absolute Gasteiger partial charge is 0.497 e. The molecule has 2 aromatic carbocycles. The van der Waals surface area contributed by atoms with Gasteiger partial charge in [-0.15, -0.1) is 0 Å². The van der Waals surface area contributed by atoms with Crippen molar-refractivity contribution in [2.24, 2.45) is 0 Å². The van der Waals surface area contributed by atoms with Gasteiger partial charge < -0.3 is 20.4 Å². The van der Waals surface area contributed by atoms with Crippen molar-refractivity contribution >= 4 is 23.2 Å². The summed E-state index contributed by atoms with van der Waals surface area (Å²) in [4.78, 5) is 36.8. The van der Waals surface area contributed by atoms with Gasteiger partial charge in [-0.3, -0.25) is 14.6 Å². The molecule has 2 heterocycles. The van der Waals surface area contributed by atoms with E-state index in [0.29, 0.717) is 39.8 Å². The zero-order chi connectivity index (χ0) is 22.5. The Morgan fingerprint density at radius 1 is 0.906 bits per heavy atom. The Bertz CT molecular complexity index is 1230. The molecule has 8 heteroatoms. The average molecular weight is 427 g/mol. The molecule has 0 spiro atoms. The van der Waals surface area contributed by atoms with Crippen LogP contribution in [0.25, 0.3) is 11.5 Å². The Hall–Kier alpha value is -4.46. The van der Waals surface area contributed by atoms with Crippen LogP contribution in [0.1, 0.15) is 26.3 Å². The Balaban J connectivity index is 1.46. The number of hydrogen-bond acceptors (Lipinski definition) is 5. The van der Waals surface area contributed by atoms with E-state index >= 15 is 0 Å². The number of aromatic nitrogens is 3. The van der Waals surface area contributed by atoms with Gasteiger partial charge in [0.25, 0.3) is 11.8 Å². The third-order valence-electron chi connectivity index (χ3n) is 4.85. The van der Waals surface area contributed by atoms with Crippen molar-refractivity contribution in [3.05, 3.63) is 89.9 Å². The molecular formula is C24H21N5O3. The van der Waals surface area contributed by atoms with E-state index in [1.54, 1.807) is 80.3 Å². The third kappa shape index (κ3) is 4.65. The van der Waals surface area contributed by atoms with Crippen LogP contribution >= 0.6 is 0 Å². The highest BCUT2D eigenvalue weighted by atomic mass is 16.5. The highest BCUT2D eigenvalue weighted by molar-refractivity contribution is 6.08. The van der Waals surface area contributed by atoms with E-state index in [0.717, 1.165) is 5.56 Å². The molecule has 0 bridgehead atoms. The van der Waals surface area contributed by atoms with Crippen LogP contribution < -0.4 is 15.4 Å². The quantitative estimate of drug-likeness (QED) is 0.425. The van der Waals surface area contributed by atoms with Gasteiger partial charge >= 0.3 is 0 Å². The first kappa shape index (κ1) is 20.8. The van der Waals surface area contributed by atoms with Gasteiger partial charge in [0.1, 0.15) is 11.4 Å². The number of imidazole rings is 1. The normalized spacial score (nSPS) is 10.4. The van der Waals surface area contributed by atoms with E-state index in [1.165, 1.54) is 0 Å². The minimum absolute atomic E-state index is 0.277. The molecule has 8 nitrogen and oxygen atoms in total. The van der Waals surface area contributed by atoms with Crippen molar-refractivity contribution in [1.29, 1.82) is 0 Å². The summed E-state index contributed by atoms with van der Waals surface area (Å²) < 4.78 is 5.11. The molecule has 4 aromatic rings. The Labute approximate surface area is 184 Å². The Morgan fingerprint density at radius 2 is 1.66 bits per heavy atom. The summed E-state index contributed by atoms with van der Waals surface area (Å²) in [6, 6.07) is 15.5. The first-order valence-corrected chi connectivity index (χ1v) is 9.87. The monoisotopic (exact) mass is 427 g/mol. The highest BCUT2D eigenvalue weighted by Crippen LogP contribution is 2.20. The highest BCUT2D eigenvalue weighted by Gasteiger charge is 2.13. The number of nitrogens with one attached hydrogen (secondary N) is 3. The molecular weight excluding hydrogens is 406 g/mol. The lowest BCUT2D eigenvalue weighted by atomic mass is 10.1. The SMILES string of the molecule is COc1ccc(C(=O)Nc2ccc(C)c(C(=O)Nc3ccc(-c4ncc[nH]4)nc3)c2)cc1. The number of aryl methyl sites for hydroxylation is 1. The summed E-state index contributed by atoms with van der Waals surface area (Å²) in [6.45, 7) is 1.84. The molecule has 0 aliphatic heterocycles. The molecule has 4 rings (SSSR count). The number of benzene rings is 2. The van der Waals surface area contributed by atoms with Crippen LogP contribution in [0.3, 0.4) is 0 Å². The van der Waals surface area contributed by atoms with Crippen LogP contribution in [0.15, 0.2) is 73.2 Å². The second kappa shape index (κ2) is 9.13. The van der Waals surface area contributed by atoms with Crippen molar-refractivity contribution in [2.45, 2.75) is 6.92 Å². The van der Waals surface area contributed by atoms with E-state index in [9.17, 15) is 9.59 Å². The van der Waals surface area contributed by atoms with Crippen LogP contribution in [0, 0.1) is 6.92 Å². The molecule has 3 N–H and O–H groups in total. The lowest BCUT2D eigenvalue weighted by molar-refractivity contribution is 0.101. The summed E-state index contributed by atoms with van der Waals surface area (Å²) >= 11 is 0. The molecule has 0 aliphatic carbocycles. The van der Waals surface area contributed by atoms with Gasteiger partial charge in [0.15, 0.2) is 5.82 Å². The predicted octanol–water partition coefficient (Wildman–Crippen LogP) is 4.29. The van der Waals surface area contributed by atoms with Crippen molar-refractivity contribution < 1.29 is 14.3 Å². The lowest BCUT2D eigenvalue weighted by Crippen LogP contribution is -2.16. The third-order valence-corrected chi connectivity index (χ3v) is 4.85. The molecule has 32 heavy (non-hydrogen) atoms. The number of amides is 2. The number of ether oxygens (including phenoxy) is 1. The standard InChI is InChI=1S/C24H21N5O3/c1-15-3-6-17(28-23(30)16-4-8-19(32-2)9-5-16)13-20(15)24(31)29-18-7-10-21(27-14-18)22-25-11-12-26-22/h3-14H,1-2H3,(H,25,26)(H,28,30)(H,29,31). The number of H-pyrrole nitrogens is 1. The van der Waals surface area contributed by atoms with Crippen LogP contribution in [0.4, 0.5) is 11.4 Å². The average Bonchev–Trinajstić information content (AvgIpc) is 3.36. The van der Waals surface area contributed by atoms with Crippen LogP contribution in [-0.4, -0.2) is 33.9 Å². The fourth-order valence-electron chi connectivity index (χ4n) is 3.10. The van der Waals surface area contributed by atoms with Crippen LogP contribution in [-0.2, 0) is 0 Å². The second-order valence-corrected chi connectivity index (χ2v) is 7.04. The van der Waals surface area contributed by atoms with E-state index in [1.807, 2.05) is 6.92 Å². The number of aromatic amines is 1. The van der Waals surface area contributed by atoms with E-state index in [-0.39, 0.29) is 11.8 Å². The van der Waals surface area contributed by atoms with E-state index in [4.69, 9.17) is 4.74 Å². The van der Waals surface area contributed by atoms with Gasteiger partial charge in [-0.25, -0.2) is 4.98 Å². The zero-order valence-corrected chi connectivity index (χ0v) is 17.5. The Morgan fingerprint density at radius 3 is 2.31 bits per heavy atom. The zero-order valence-electron chi connectivity index (χ0n) is 17.5. The maximum Gasteiger partial charge on any atom is 0.256 e. The van der Waals surface area contributed by atoms with Crippen LogP contribution in [0.2, 0.25) is 0 Å². The predicted molar refractivity (Wildman–Crippen MR) is 122 cm³/mol. The smallest absolute Gasteiger partial charge is 0.256 e. The summed E-state index contributed by atoms with van der Waals surface area (Å²) in [7, 11) is 1.57. The molecule has 2 aromatic heterocycles. The van der Waals surface area contributed by atoms with Gasteiger partial charge in [-0.2, -0.15) is 0 Å². The number of rotatable bonds is 6. The first-order valence-electron chi connectivity index (χ1n) is 9.87. The molecule has 0 unspecified atom stereocenters. The number of carbonyl (C=O) groups is 2. The summed E-state index contributed by atoms with van der Waals surface area (Å²) in [5.41, 5.74) is 3.47. The number of carbonyl (C=O) groups excluding carboxylic acids is 2. The van der Waals surface area contributed by atoms with Gasteiger partial charge in [-0.05, 0) is 61.0 Å². The van der Waals surface area contributed by atoms with Gasteiger partial charge in [0.2, 0.25) is 0 Å². The number of pyridine rings is 1. The van der Waals surface area contributed by atoms with Crippen molar-refractivity contribution in [3.63, 3.8) is 0 Å². The molecule has 0 saturated heterocycles. The topological polar surface area (TPSA) is 109 Å². The number of methoxy groups -OCH3 is 1. The molecule has 0 aliphatic rings. The molecule has 0 fully saturated rings. The molecule has 2 amide bonds. The van der Waals surface area contributed by atoms with Gasteiger partial charge in [0.05, 0.1) is 19.0 Å². The van der Waals surface area contributed by atoms with Crippen molar-refractivity contribution in [2.75, 3.05) is 17.7 Å². The van der Waals surface area contributed by atoms with E-state index < -0.39 is 0 Å². The molecule has 0 atom stereocenters. The maximum atomic E-state index is 12.8. The number of anilines is 2. The number of hydrogen-bond donors (Lipinski definition) is 3. The second-order valence-electron chi connectivity index (χ2n) is 7.04. The minimum Gasteiger partial charge on any atom is -0.497 e. The lowest BCUT2D eigenvalue weighted by Gasteiger charge is -2.11. The summed E-state index contributed by atoms with van der Waals surface area (Å²) in [6.07, 6.45) is 4.94. The van der Waals surface area contributed by atoms with Crippen LogP contribution in [0.5, 0.6) is 5.75 Å². The molecule has 160 valence electrons. The van der Waals surface area contributed by atoms with Gasteiger partial charge in [0, 0.05) is 29.2 Å². The van der Waals surface area contributed by atoms with E-state index in [2.05, 4.69) is 25.6 Å². The van der Waals surface area contributed by atoms with Crippen molar-refractivity contribution in [1.82, 2.24) is 15.0 Å². The fraction of sp³-hybridized carbons (Fsp3) is 0.0833. The molecule has 0 radical (unpaired) electrons. The summed E-state index contributed by atoms with van der Waals surface area (Å²) in [5.74, 6) is 0.748. The molecule has 0 saturated carbocycles.